The quantitative estimate of drug-likeness (QED) is 0.897. The molecule has 19 heavy (non-hydrogen) atoms. The van der Waals surface area contributed by atoms with Crippen molar-refractivity contribution in [2.45, 2.75) is 38.5 Å². The summed E-state index contributed by atoms with van der Waals surface area (Å²) in [7, 11) is 1.92. The maximum atomic E-state index is 5.94. The van der Waals surface area contributed by atoms with E-state index in [9.17, 15) is 0 Å². The third-order valence-electron chi connectivity index (χ3n) is 4.02. The fourth-order valence-electron chi connectivity index (χ4n) is 2.76. The summed E-state index contributed by atoms with van der Waals surface area (Å²) in [6.07, 6.45) is 6.80. The molecule has 1 saturated carbocycles. The van der Waals surface area contributed by atoms with Crippen LogP contribution >= 0.6 is 0 Å². The van der Waals surface area contributed by atoms with Crippen LogP contribution in [0.25, 0.3) is 11.4 Å². The Kier molecular flexibility index (Phi) is 2.97. The minimum atomic E-state index is 0.543. The van der Waals surface area contributed by atoms with Gasteiger partial charge in [-0.05, 0) is 19.8 Å². The maximum Gasteiger partial charge on any atom is 0.165 e. The molecule has 0 amide bonds. The van der Waals surface area contributed by atoms with Crippen molar-refractivity contribution in [1.29, 1.82) is 0 Å². The van der Waals surface area contributed by atoms with Gasteiger partial charge in [-0.3, -0.25) is 4.68 Å². The molecular weight excluding hydrogens is 238 g/mol. The van der Waals surface area contributed by atoms with Crippen LogP contribution in [0.15, 0.2) is 12.3 Å². The second-order valence-electron chi connectivity index (χ2n) is 5.29. The van der Waals surface area contributed by atoms with Gasteiger partial charge in [0, 0.05) is 30.4 Å². The highest BCUT2D eigenvalue weighted by Crippen LogP contribution is 2.34. The molecule has 5 heteroatoms. The average Bonchev–Trinajstić information content (AvgIpc) is 3.01. The zero-order valence-corrected chi connectivity index (χ0v) is 11.4. The molecule has 0 unspecified atom stereocenters. The predicted molar refractivity (Wildman–Crippen MR) is 74.6 cm³/mol. The summed E-state index contributed by atoms with van der Waals surface area (Å²) in [4.78, 5) is 9.08. The number of nitrogen functional groups attached to an aromatic ring is 1. The number of rotatable bonds is 2. The van der Waals surface area contributed by atoms with E-state index < -0.39 is 0 Å². The highest BCUT2D eigenvalue weighted by Gasteiger charge is 2.20. The lowest BCUT2D eigenvalue weighted by atomic mass is 10.0. The predicted octanol–water partition coefficient (Wildman–Crippen LogP) is 2.43. The van der Waals surface area contributed by atoms with Gasteiger partial charge < -0.3 is 5.73 Å². The molecule has 5 nitrogen and oxygen atoms in total. The van der Waals surface area contributed by atoms with E-state index in [0.717, 1.165) is 17.0 Å². The van der Waals surface area contributed by atoms with Gasteiger partial charge in [-0.2, -0.15) is 5.10 Å². The Morgan fingerprint density at radius 3 is 2.63 bits per heavy atom. The van der Waals surface area contributed by atoms with E-state index in [4.69, 9.17) is 10.7 Å². The Bertz CT molecular complexity index is 596. The zero-order chi connectivity index (χ0) is 13.4. The first-order valence-corrected chi connectivity index (χ1v) is 6.78. The van der Waals surface area contributed by atoms with Crippen LogP contribution < -0.4 is 5.73 Å². The Morgan fingerprint density at radius 2 is 2.00 bits per heavy atom. The lowest BCUT2D eigenvalue weighted by Gasteiger charge is -2.10. The Labute approximate surface area is 112 Å². The summed E-state index contributed by atoms with van der Waals surface area (Å²) in [5.41, 5.74) is 9.05. The van der Waals surface area contributed by atoms with Crippen molar-refractivity contribution in [1.82, 2.24) is 19.7 Å². The van der Waals surface area contributed by atoms with Crippen LogP contribution in [-0.4, -0.2) is 19.7 Å². The van der Waals surface area contributed by atoms with Gasteiger partial charge in [0.1, 0.15) is 5.82 Å². The summed E-state index contributed by atoms with van der Waals surface area (Å²) in [5.74, 6) is 1.80. The Balaban J connectivity index is 2.04. The lowest BCUT2D eigenvalue weighted by Crippen LogP contribution is -2.04. The van der Waals surface area contributed by atoms with Gasteiger partial charge >= 0.3 is 0 Å². The largest absolute Gasteiger partial charge is 0.384 e. The number of nitrogens with two attached hydrogens (primary N) is 1. The third kappa shape index (κ3) is 2.20. The molecule has 0 aliphatic heterocycles. The van der Waals surface area contributed by atoms with E-state index in [0.29, 0.717) is 17.6 Å². The summed E-state index contributed by atoms with van der Waals surface area (Å²) in [6.45, 7) is 2.02. The van der Waals surface area contributed by atoms with Gasteiger partial charge in [0.25, 0.3) is 0 Å². The molecule has 2 heterocycles. The summed E-state index contributed by atoms with van der Waals surface area (Å²) >= 11 is 0. The van der Waals surface area contributed by atoms with E-state index in [-0.39, 0.29) is 0 Å². The highest BCUT2D eigenvalue weighted by molar-refractivity contribution is 5.59. The molecule has 1 aliphatic carbocycles. The van der Waals surface area contributed by atoms with Gasteiger partial charge in [-0.15, -0.1) is 0 Å². The molecule has 2 aromatic rings. The first-order valence-electron chi connectivity index (χ1n) is 6.78. The standard InChI is InChI=1S/C14H19N5/c1-9-11(8-16-19(9)2)14-17-12(7-13(15)18-14)10-5-3-4-6-10/h7-8,10H,3-6H2,1-2H3,(H2,15,17,18). The lowest BCUT2D eigenvalue weighted by molar-refractivity contribution is 0.696. The van der Waals surface area contributed by atoms with Crippen LogP contribution in [0.5, 0.6) is 0 Å². The van der Waals surface area contributed by atoms with Crippen LogP contribution in [0.4, 0.5) is 5.82 Å². The Hall–Kier alpha value is -1.91. The van der Waals surface area contributed by atoms with Crippen molar-refractivity contribution in [3.63, 3.8) is 0 Å². The Morgan fingerprint density at radius 1 is 1.26 bits per heavy atom. The van der Waals surface area contributed by atoms with Crippen LogP contribution in [0, 0.1) is 6.92 Å². The molecule has 1 fully saturated rings. The minimum absolute atomic E-state index is 0.543. The maximum absolute atomic E-state index is 5.94. The van der Waals surface area contributed by atoms with Crippen LogP contribution in [0.2, 0.25) is 0 Å². The van der Waals surface area contributed by atoms with Gasteiger partial charge in [0.05, 0.1) is 11.8 Å². The second-order valence-corrected chi connectivity index (χ2v) is 5.29. The molecule has 0 radical (unpaired) electrons. The van der Waals surface area contributed by atoms with Crippen molar-refractivity contribution >= 4 is 5.82 Å². The van der Waals surface area contributed by atoms with Crippen molar-refractivity contribution in [2.75, 3.05) is 5.73 Å². The molecule has 0 bridgehead atoms. The van der Waals surface area contributed by atoms with E-state index >= 15 is 0 Å². The molecule has 3 rings (SSSR count). The van der Waals surface area contributed by atoms with E-state index in [2.05, 4.69) is 10.1 Å². The van der Waals surface area contributed by atoms with Crippen LogP contribution in [-0.2, 0) is 7.05 Å². The molecule has 0 aromatic carbocycles. The fraction of sp³-hybridized carbons (Fsp3) is 0.500. The fourth-order valence-corrected chi connectivity index (χ4v) is 2.76. The van der Waals surface area contributed by atoms with Crippen LogP contribution in [0.3, 0.4) is 0 Å². The molecule has 1 aliphatic rings. The first-order chi connectivity index (χ1) is 9.15. The monoisotopic (exact) mass is 257 g/mol. The smallest absolute Gasteiger partial charge is 0.165 e. The second kappa shape index (κ2) is 4.64. The molecule has 2 aromatic heterocycles. The number of anilines is 1. The number of nitrogens with zero attached hydrogens (tertiary/aromatic N) is 4. The van der Waals surface area contributed by atoms with Crippen molar-refractivity contribution in [3.05, 3.63) is 23.7 Å². The third-order valence-corrected chi connectivity index (χ3v) is 4.02. The molecular formula is C14H19N5. The van der Waals surface area contributed by atoms with Crippen LogP contribution in [0.1, 0.15) is 43.0 Å². The SMILES string of the molecule is Cc1c(-c2nc(N)cc(C3CCCC3)n2)cnn1C. The highest BCUT2D eigenvalue weighted by atomic mass is 15.3. The van der Waals surface area contributed by atoms with Gasteiger partial charge in [-0.25, -0.2) is 9.97 Å². The van der Waals surface area contributed by atoms with Gasteiger partial charge in [0.2, 0.25) is 0 Å². The van der Waals surface area contributed by atoms with Gasteiger partial charge in [0.15, 0.2) is 5.82 Å². The first kappa shape index (κ1) is 12.1. The topological polar surface area (TPSA) is 69.6 Å². The van der Waals surface area contributed by atoms with Crippen molar-refractivity contribution < 1.29 is 0 Å². The molecule has 0 atom stereocenters. The molecule has 0 spiro atoms. The van der Waals surface area contributed by atoms with E-state index in [1.54, 1.807) is 0 Å². The summed E-state index contributed by atoms with van der Waals surface area (Å²) in [5, 5.41) is 4.25. The van der Waals surface area contributed by atoms with E-state index in [1.807, 2.05) is 30.9 Å². The van der Waals surface area contributed by atoms with Crippen molar-refractivity contribution in [3.8, 4) is 11.4 Å². The summed E-state index contributed by atoms with van der Waals surface area (Å²) < 4.78 is 1.83. The number of aromatic nitrogens is 4. The van der Waals surface area contributed by atoms with E-state index in [1.165, 1.54) is 25.7 Å². The zero-order valence-electron chi connectivity index (χ0n) is 11.4. The number of aryl methyl sites for hydroxylation is 1. The van der Waals surface area contributed by atoms with Gasteiger partial charge in [-0.1, -0.05) is 12.8 Å². The number of hydrogen-bond acceptors (Lipinski definition) is 4. The average molecular weight is 257 g/mol. The molecule has 0 saturated heterocycles. The number of hydrogen-bond donors (Lipinski definition) is 1. The molecule has 100 valence electrons. The normalized spacial score (nSPS) is 16.1. The summed E-state index contributed by atoms with van der Waals surface area (Å²) in [6, 6.07) is 1.92. The van der Waals surface area contributed by atoms with Crippen molar-refractivity contribution in [2.24, 2.45) is 7.05 Å². The molecule has 2 N–H and O–H groups in total. The minimum Gasteiger partial charge on any atom is -0.384 e.